The maximum Gasteiger partial charge on any atom is 0.251 e. The fraction of sp³-hybridized carbons (Fsp3) is 0.148. The van der Waals surface area contributed by atoms with Gasteiger partial charge in [-0.05, 0) is 55.0 Å². The van der Waals surface area contributed by atoms with Gasteiger partial charge >= 0.3 is 0 Å². The van der Waals surface area contributed by atoms with Gasteiger partial charge in [-0.15, -0.1) is 0 Å². The topological polar surface area (TPSA) is 76.0 Å². The van der Waals surface area contributed by atoms with Gasteiger partial charge in [0.25, 0.3) is 5.91 Å². The molecule has 0 aliphatic heterocycles. The molecule has 1 heterocycles. The number of hydrogen-bond acceptors (Lipinski definition) is 3. The number of benzene rings is 3. The monoisotopic (exact) mass is 456 g/mol. The van der Waals surface area contributed by atoms with Crippen LogP contribution in [0.15, 0.2) is 91.1 Å². The molecule has 2 N–H and O–H groups in total. The zero-order chi connectivity index (χ0) is 23.8. The molecular formula is C27H25FN4O2. The van der Waals surface area contributed by atoms with Gasteiger partial charge in [0.15, 0.2) is 0 Å². The summed E-state index contributed by atoms with van der Waals surface area (Å²) < 4.78 is 15.2. The molecule has 2 amide bonds. The number of carbonyl (C=O) groups is 2. The third-order valence-electron chi connectivity index (χ3n) is 5.31. The second kappa shape index (κ2) is 11.0. The molecule has 0 fully saturated rings. The minimum absolute atomic E-state index is 0.119. The van der Waals surface area contributed by atoms with E-state index in [-0.39, 0.29) is 30.6 Å². The highest BCUT2D eigenvalue weighted by atomic mass is 19.1. The van der Waals surface area contributed by atoms with E-state index < -0.39 is 0 Å². The van der Waals surface area contributed by atoms with Gasteiger partial charge in [0.2, 0.25) is 5.91 Å². The molecule has 4 aromatic rings. The number of rotatable bonds is 9. The second-order valence-electron chi connectivity index (χ2n) is 7.79. The summed E-state index contributed by atoms with van der Waals surface area (Å²) in [6.45, 7) is 0.697. The Morgan fingerprint density at radius 1 is 0.853 bits per heavy atom. The highest BCUT2D eigenvalue weighted by Crippen LogP contribution is 2.24. The molecule has 0 saturated carbocycles. The SMILES string of the molecule is O=C(CCCNC(=O)c1ccccc1)NCc1cn(-c2ccccc2)nc1-c1ccc(F)cc1. The van der Waals surface area contributed by atoms with Crippen molar-refractivity contribution in [2.45, 2.75) is 19.4 Å². The molecule has 0 aliphatic rings. The molecule has 0 aliphatic carbocycles. The van der Waals surface area contributed by atoms with Gasteiger partial charge in [0.05, 0.1) is 11.4 Å². The predicted molar refractivity (Wildman–Crippen MR) is 129 cm³/mol. The highest BCUT2D eigenvalue weighted by molar-refractivity contribution is 5.94. The van der Waals surface area contributed by atoms with Gasteiger partial charge in [-0.25, -0.2) is 9.07 Å². The summed E-state index contributed by atoms with van der Waals surface area (Å²) in [4.78, 5) is 24.5. The smallest absolute Gasteiger partial charge is 0.251 e. The van der Waals surface area contributed by atoms with Crippen molar-refractivity contribution in [3.63, 3.8) is 0 Å². The predicted octanol–water partition coefficient (Wildman–Crippen LogP) is 4.50. The summed E-state index contributed by atoms with van der Waals surface area (Å²) in [7, 11) is 0. The van der Waals surface area contributed by atoms with Crippen LogP contribution >= 0.6 is 0 Å². The number of amides is 2. The molecule has 4 rings (SSSR count). The number of halogens is 1. The molecule has 6 nitrogen and oxygen atoms in total. The van der Waals surface area contributed by atoms with Crippen LogP contribution in [0.4, 0.5) is 4.39 Å². The molecule has 0 atom stereocenters. The van der Waals surface area contributed by atoms with Crippen molar-refractivity contribution in [1.29, 1.82) is 0 Å². The second-order valence-corrected chi connectivity index (χ2v) is 7.79. The van der Waals surface area contributed by atoms with Crippen LogP contribution in [-0.4, -0.2) is 28.1 Å². The lowest BCUT2D eigenvalue weighted by atomic mass is 10.1. The summed E-state index contributed by atoms with van der Waals surface area (Å²) >= 11 is 0. The lowest BCUT2D eigenvalue weighted by Gasteiger charge is -2.07. The van der Waals surface area contributed by atoms with Crippen LogP contribution in [0.1, 0.15) is 28.8 Å². The Kier molecular flexibility index (Phi) is 7.45. The van der Waals surface area contributed by atoms with Crippen LogP contribution in [0.25, 0.3) is 16.9 Å². The van der Waals surface area contributed by atoms with E-state index >= 15 is 0 Å². The summed E-state index contributed by atoms with van der Waals surface area (Å²) in [5.74, 6) is -0.592. The number of para-hydroxylation sites is 1. The van der Waals surface area contributed by atoms with Gasteiger partial charge in [-0.3, -0.25) is 9.59 Å². The zero-order valence-corrected chi connectivity index (χ0v) is 18.6. The molecule has 34 heavy (non-hydrogen) atoms. The molecule has 0 saturated heterocycles. The van der Waals surface area contributed by atoms with Gasteiger partial charge in [-0.1, -0.05) is 36.4 Å². The molecule has 0 spiro atoms. The van der Waals surface area contributed by atoms with Gasteiger partial charge in [-0.2, -0.15) is 5.10 Å². The first-order valence-electron chi connectivity index (χ1n) is 11.1. The first-order chi connectivity index (χ1) is 16.6. The summed E-state index contributed by atoms with van der Waals surface area (Å²) in [6.07, 6.45) is 2.68. The summed E-state index contributed by atoms with van der Waals surface area (Å²) in [5, 5.41) is 10.4. The van der Waals surface area contributed by atoms with Crippen LogP contribution in [0.3, 0.4) is 0 Å². The maximum atomic E-state index is 13.4. The molecule has 1 aromatic heterocycles. The van der Waals surface area contributed by atoms with E-state index in [9.17, 15) is 14.0 Å². The number of aromatic nitrogens is 2. The standard InChI is InChI=1S/C27H25FN4O2/c28-23-15-13-20(14-16-23)26-22(19-32(31-26)24-10-5-2-6-11-24)18-30-25(33)12-7-17-29-27(34)21-8-3-1-4-9-21/h1-6,8-11,13-16,19H,7,12,17-18H2,(H,29,34)(H,30,33). The maximum absolute atomic E-state index is 13.4. The Bertz CT molecular complexity index is 1240. The van der Waals surface area contributed by atoms with Crippen molar-refractivity contribution in [1.82, 2.24) is 20.4 Å². The Labute approximate surface area is 197 Å². The third kappa shape index (κ3) is 5.95. The molecule has 7 heteroatoms. The van der Waals surface area contributed by atoms with E-state index in [4.69, 9.17) is 0 Å². The molecule has 172 valence electrons. The number of nitrogens with zero attached hydrogens (tertiary/aromatic N) is 2. The fourth-order valence-corrected chi connectivity index (χ4v) is 3.53. The largest absolute Gasteiger partial charge is 0.352 e. The lowest BCUT2D eigenvalue weighted by molar-refractivity contribution is -0.121. The van der Waals surface area contributed by atoms with Crippen molar-refractivity contribution >= 4 is 11.8 Å². The quantitative estimate of drug-likeness (QED) is 0.364. The van der Waals surface area contributed by atoms with Crippen molar-refractivity contribution in [2.75, 3.05) is 6.54 Å². The minimum Gasteiger partial charge on any atom is -0.352 e. The molecular weight excluding hydrogens is 431 g/mol. The summed E-state index contributed by atoms with van der Waals surface area (Å²) in [5.41, 5.74) is 3.75. The van der Waals surface area contributed by atoms with Gasteiger partial charge < -0.3 is 10.6 Å². The van der Waals surface area contributed by atoms with Crippen LogP contribution in [-0.2, 0) is 11.3 Å². The normalized spacial score (nSPS) is 10.6. The van der Waals surface area contributed by atoms with E-state index in [2.05, 4.69) is 15.7 Å². The van der Waals surface area contributed by atoms with E-state index in [1.54, 1.807) is 28.9 Å². The molecule has 0 bridgehead atoms. The minimum atomic E-state index is -0.319. The summed E-state index contributed by atoms with van der Waals surface area (Å²) in [6, 6.07) is 24.7. The average molecular weight is 457 g/mol. The van der Waals surface area contributed by atoms with E-state index in [0.717, 1.165) is 16.8 Å². The van der Waals surface area contributed by atoms with Crippen LogP contribution < -0.4 is 10.6 Å². The van der Waals surface area contributed by atoms with Gasteiger partial charge in [0, 0.05) is 42.4 Å². The third-order valence-corrected chi connectivity index (χ3v) is 5.31. The van der Waals surface area contributed by atoms with Crippen LogP contribution in [0.2, 0.25) is 0 Å². The Morgan fingerprint density at radius 2 is 1.53 bits per heavy atom. The Balaban J connectivity index is 1.35. The number of hydrogen-bond donors (Lipinski definition) is 2. The molecule has 0 radical (unpaired) electrons. The first-order valence-corrected chi connectivity index (χ1v) is 11.1. The Hall–Kier alpha value is -4.26. The Morgan fingerprint density at radius 3 is 2.24 bits per heavy atom. The van der Waals surface area contributed by atoms with Crippen molar-refractivity contribution in [3.8, 4) is 16.9 Å². The van der Waals surface area contributed by atoms with Crippen molar-refractivity contribution in [2.24, 2.45) is 0 Å². The molecule has 0 unspecified atom stereocenters. The van der Waals surface area contributed by atoms with Crippen LogP contribution in [0, 0.1) is 5.82 Å². The van der Waals surface area contributed by atoms with Gasteiger partial charge in [0.1, 0.15) is 5.82 Å². The first kappa shape index (κ1) is 22.9. The fourth-order valence-electron chi connectivity index (χ4n) is 3.53. The van der Waals surface area contributed by atoms with E-state index in [1.165, 1.54) is 12.1 Å². The van der Waals surface area contributed by atoms with Crippen LogP contribution in [0.5, 0.6) is 0 Å². The zero-order valence-electron chi connectivity index (χ0n) is 18.6. The highest BCUT2D eigenvalue weighted by Gasteiger charge is 2.14. The lowest BCUT2D eigenvalue weighted by Crippen LogP contribution is -2.27. The number of nitrogens with one attached hydrogen (secondary N) is 2. The molecule has 3 aromatic carbocycles. The number of carbonyl (C=O) groups excluding carboxylic acids is 2. The van der Waals surface area contributed by atoms with E-state index in [0.29, 0.717) is 24.2 Å². The van der Waals surface area contributed by atoms with Crippen molar-refractivity contribution < 1.29 is 14.0 Å². The average Bonchev–Trinajstić information content (AvgIpc) is 3.31. The van der Waals surface area contributed by atoms with E-state index in [1.807, 2.05) is 54.7 Å². The van der Waals surface area contributed by atoms with Crippen molar-refractivity contribution in [3.05, 3.63) is 108 Å².